The number of cyclic esters (lactones) is 1. The second kappa shape index (κ2) is 10.6. The van der Waals surface area contributed by atoms with Gasteiger partial charge in [0.1, 0.15) is 12.7 Å². The van der Waals surface area contributed by atoms with Crippen LogP contribution in [0.3, 0.4) is 0 Å². The quantitative estimate of drug-likeness (QED) is 0.319. The van der Waals surface area contributed by atoms with Gasteiger partial charge in [-0.25, -0.2) is 4.79 Å². The van der Waals surface area contributed by atoms with Crippen LogP contribution in [0.2, 0.25) is 0 Å². The molecule has 4 aliphatic carbocycles. The van der Waals surface area contributed by atoms with Gasteiger partial charge in [-0.15, -0.1) is 0 Å². The van der Waals surface area contributed by atoms with Gasteiger partial charge >= 0.3 is 11.9 Å². The number of hydrogen-bond donors (Lipinski definition) is 3. The van der Waals surface area contributed by atoms with Crippen molar-refractivity contribution in [2.75, 3.05) is 13.7 Å². The predicted molar refractivity (Wildman–Crippen MR) is 147 cm³/mol. The van der Waals surface area contributed by atoms with E-state index in [1.165, 1.54) is 0 Å². The number of carbonyl (C=O) groups is 2. The minimum atomic E-state index is -0.976. The van der Waals surface area contributed by atoms with Crippen molar-refractivity contribution in [3.63, 3.8) is 0 Å². The molecule has 9 heteroatoms. The minimum Gasteiger partial charge on any atom is -0.481 e. The molecule has 0 aromatic heterocycles. The van der Waals surface area contributed by atoms with Gasteiger partial charge in [-0.2, -0.15) is 0 Å². The molecule has 6 aliphatic rings. The van der Waals surface area contributed by atoms with E-state index in [9.17, 15) is 24.9 Å². The number of methoxy groups -OCH3 is 1. The molecule has 1 saturated heterocycles. The van der Waals surface area contributed by atoms with Crippen LogP contribution in [-0.2, 0) is 28.5 Å². The van der Waals surface area contributed by atoms with Crippen molar-refractivity contribution < 1.29 is 43.9 Å². The Hall–Kier alpha value is -1.52. The normalized spacial score (nSPS) is 51.3. The van der Waals surface area contributed by atoms with Crippen molar-refractivity contribution in [2.45, 2.75) is 121 Å². The number of carboxylic acids is 1. The first-order chi connectivity index (χ1) is 19.4. The van der Waals surface area contributed by atoms with E-state index in [0.29, 0.717) is 24.7 Å². The van der Waals surface area contributed by atoms with Gasteiger partial charge in [-0.3, -0.25) is 4.79 Å². The van der Waals surface area contributed by atoms with Crippen molar-refractivity contribution >= 4 is 11.9 Å². The lowest BCUT2D eigenvalue weighted by Gasteiger charge is -2.63. The number of ether oxygens (including phenoxy) is 4. The smallest absolute Gasteiger partial charge is 0.331 e. The molecule has 2 aliphatic heterocycles. The van der Waals surface area contributed by atoms with E-state index in [4.69, 9.17) is 18.9 Å². The van der Waals surface area contributed by atoms with E-state index in [-0.39, 0.29) is 66.8 Å². The van der Waals surface area contributed by atoms with Crippen LogP contribution in [0.1, 0.15) is 85.0 Å². The van der Waals surface area contributed by atoms with Crippen molar-refractivity contribution in [3.05, 3.63) is 11.6 Å². The zero-order valence-corrected chi connectivity index (χ0v) is 24.9. The third kappa shape index (κ3) is 4.69. The first kappa shape index (κ1) is 29.5. The van der Waals surface area contributed by atoms with Crippen LogP contribution in [0.15, 0.2) is 11.6 Å². The number of carbonyl (C=O) groups excluding carboxylic acids is 1. The van der Waals surface area contributed by atoms with Gasteiger partial charge in [0.25, 0.3) is 0 Å². The highest BCUT2D eigenvalue weighted by molar-refractivity contribution is 5.85. The molecule has 41 heavy (non-hydrogen) atoms. The first-order valence-electron chi connectivity index (χ1n) is 15.7. The van der Waals surface area contributed by atoms with E-state index in [1.54, 1.807) is 13.2 Å². The Balaban J connectivity index is 1.19. The molecule has 5 fully saturated rings. The fourth-order valence-corrected chi connectivity index (χ4v) is 10.8. The summed E-state index contributed by atoms with van der Waals surface area (Å²) in [6.45, 7) is 6.62. The summed E-state index contributed by atoms with van der Waals surface area (Å²) in [5, 5.41) is 32.8. The maximum Gasteiger partial charge on any atom is 0.331 e. The van der Waals surface area contributed by atoms with Crippen molar-refractivity contribution in [1.82, 2.24) is 0 Å². The lowest BCUT2D eigenvalue weighted by molar-refractivity contribution is -0.273. The molecule has 0 unspecified atom stereocenters. The predicted octanol–water partition coefficient (Wildman–Crippen LogP) is 3.84. The summed E-state index contributed by atoms with van der Waals surface area (Å²) >= 11 is 0. The number of aliphatic hydroxyl groups excluding tert-OH is 1. The molecular formula is C32H48O9. The molecule has 0 amide bonds. The van der Waals surface area contributed by atoms with E-state index < -0.39 is 23.1 Å². The van der Waals surface area contributed by atoms with E-state index in [1.807, 2.05) is 6.92 Å². The standard InChI is InChI=1S/C32H48O9/c1-17-29(36)24(38-4)14-27(40-17)41-21-7-9-30(2)20(13-21)5-6-23-22(30)8-10-31(3)28(19-12-26(35)39-16-19)18(11-25(33)34)15-32(23,31)37/h12,17-18,20-24,27-29,36-37H,5-11,13-16H2,1-4H3,(H,33,34)/t17-,18-,20+,21+,22-,23+,24+,27-,28+,29-,30+,31-,32-/m0/s1. The van der Waals surface area contributed by atoms with Gasteiger partial charge in [0.15, 0.2) is 6.29 Å². The van der Waals surface area contributed by atoms with Gasteiger partial charge in [0.05, 0.1) is 23.9 Å². The van der Waals surface area contributed by atoms with E-state index >= 15 is 0 Å². The monoisotopic (exact) mass is 576 g/mol. The Morgan fingerprint density at radius 2 is 1.90 bits per heavy atom. The second-order valence-corrected chi connectivity index (χ2v) is 14.5. The number of fused-ring (bicyclic) bond motifs is 5. The topological polar surface area (TPSA) is 132 Å². The highest BCUT2D eigenvalue weighted by Gasteiger charge is 2.70. The van der Waals surface area contributed by atoms with Crippen LogP contribution >= 0.6 is 0 Å². The van der Waals surface area contributed by atoms with Crippen molar-refractivity contribution in [2.24, 2.45) is 40.4 Å². The number of carboxylic acid groups (broad SMARTS) is 1. The minimum absolute atomic E-state index is 0.00674. The number of hydrogen-bond acceptors (Lipinski definition) is 8. The largest absolute Gasteiger partial charge is 0.481 e. The van der Waals surface area contributed by atoms with Gasteiger partial charge in [0.2, 0.25) is 0 Å². The molecule has 0 spiro atoms. The first-order valence-corrected chi connectivity index (χ1v) is 15.7. The summed E-state index contributed by atoms with van der Waals surface area (Å²) in [5.41, 5.74) is -0.526. The Morgan fingerprint density at radius 1 is 1.12 bits per heavy atom. The summed E-state index contributed by atoms with van der Waals surface area (Å²) in [7, 11) is 1.62. The molecule has 0 bridgehead atoms. The van der Waals surface area contributed by atoms with Gasteiger partial charge in [-0.1, -0.05) is 13.8 Å². The molecule has 9 nitrogen and oxygen atoms in total. The highest BCUT2D eigenvalue weighted by atomic mass is 16.7. The van der Waals surface area contributed by atoms with Crippen molar-refractivity contribution in [3.8, 4) is 0 Å². The molecule has 4 saturated carbocycles. The molecule has 13 atom stereocenters. The van der Waals surface area contributed by atoms with Crippen LogP contribution in [0.25, 0.3) is 0 Å². The number of aliphatic carboxylic acids is 1. The lowest BCUT2D eigenvalue weighted by atomic mass is 9.43. The van der Waals surface area contributed by atoms with Gasteiger partial charge < -0.3 is 34.3 Å². The molecule has 0 aromatic carbocycles. The Labute approximate surface area is 242 Å². The average molecular weight is 577 g/mol. The third-order valence-electron chi connectivity index (χ3n) is 12.8. The fraction of sp³-hybridized carbons (Fsp3) is 0.875. The third-order valence-corrected chi connectivity index (χ3v) is 12.8. The average Bonchev–Trinajstić information content (AvgIpc) is 3.42. The lowest BCUT2D eigenvalue weighted by Crippen LogP contribution is -2.62. The van der Waals surface area contributed by atoms with Gasteiger partial charge in [0, 0.05) is 31.4 Å². The second-order valence-electron chi connectivity index (χ2n) is 14.5. The zero-order chi connectivity index (χ0) is 29.3. The summed E-state index contributed by atoms with van der Waals surface area (Å²) in [5.74, 6) is -0.663. The summed E-state index contributed by atoms with van der Waals surface area (Å²) in [4.78, 5) is 23.9. The summed E-state index contributed by atoms with van der Waals surface area (Å²) in [6, 6.07) is 0. The maximum atomic E-state index is 12.7. The number of esters is 1. The molecule has 0 radical (unpaired) electrons. The molecule has 230 valence electrons. The van der Waals surface area contributed by atoms with E-state index in [2.05, 4.69) is 13.8 Å². The Bertz CT molecular complexity index is 1080. The summed E-state index contributed by atoms with van der Waals surface area (Å²) in [6.07, 6.45) is 7.57. The molecule has 6 rings (SSSR count). The molecular weight excluding hydrogens is 528 g/mol. The maximum absolute atomic E-state index is 12.7. The molecule has 0 aromatic rings. The van der Waals surface area contributed by atoms with Crippen LogP contribution < -0.4 is 0 Å². The van der Waals surface area contributed by atoms with Crippen LogP contribution in [0, 0.1) is 40.4 Å². The molecule has 2 heterocycles. The van der Waals surface area contributed by atoms with Crippen LogP contribution in [0.5, 0.6) is 0 Å². The van der Waals surface area contributed by atoms with Crippen LogP contribution in [0.4, 0.5) is 0 Å². The Morgan fingerprint density at radius 3 is 2.59 bits per heavy atom. The molecule has 3 N–H and O–H groups in total. The van der Waals surface area contributed by atoms with Crippen molar-refractivity contribution in [1.29, 1.82) is 0 Å². The highest BCUT2D eigenvalue weighted by Crippen LogP contribution is 2.71. The van der Waals surface area contributed by atoms with E-state index in [0.717, 1.165) is 50.5 Å². The number of aliphatic hydroxyl groups is 2. The number of rotatable bonds is 6. The zero-order valence-electron chi connectivity index (χ0n) is 24.9. The summed E-state index contributed by atoms with van der Waals surface area (Å²) < 4.78 is 23.2. The Kier molecular flexibility index (Phi) is 7.62. The SMILES string of the molecule is CO[C@@H]1C[C@H](O[C@@H]2CC[C@]3(C)[C@H](CC[C@@H]4[C@@H]3CC[C@@]3(C)[C@@H](C5=CC(=O)OC5)[C@@H](CC(=O)O)C[C@]43O)C2)O[C@@H](C)[C@@H]1O. The van der Waals surface area contributed by atoms with Crippen LogP contribution in [-0.4, -0.2) is 77.3 Å². The van der Waals surface area contributed by atoms with Gasteiger partial charge in [-0.05, 0) is 98.9 Å². The fourth-order valence-electron chi connectivity index (χ4n) is 10.8.